The highest BCUT2D eigenvalue weighted by Gasteiger charge is 2.52. The molecule has 0 aliphatic heterocycles. The lowest BCUT2D eigenvalue weighted by atomic mass is 9.56. The summed E-state index contributed by atoms with van der Waals surface area (Å²) in [7, 11) is 0. The molecule has 0 heterocycles. The van der Waals surface area contributed by atoms with Gasteiger partial charge in [0.25, 0.3) is 0 Å². The van der Waals surface area contributed by atoms with Crippen LogP contribution in [-0.4, -0.2) is 10.7 Å². The minimum atomic E-state index is -0.718. The van der Waals surface area contributed by atoms with Crippen molar-refractivity contribution in [2.75, 3.05) is 0 Å². The first-order valence-electron chi connectivity index (χ1n) is 7.97. The van der Waals surface area contributed by atoms with Crippen LogP contribution in [0.5, 0.6) is 0 Å². The van der Waals surface area contributed by atoms with Crippen LogP contribution in [0.2, 0.25) is 0 Å². The molecule has 0 amide bonds. The molecule has 0 aromatic rings. The van der Waals surface area contributed by atoms with Crippen molar-refractivity contribution in [2.24, 2.45) is 16.7 Å². The van der Waals surface area contributed by atoms with Crippen molar-refractivity contribution in [1.82, 2.24) is 0 Å². The van der Waals surface area contributed by atoms with E-state index < -0.39 is 11.0 Å². The third-order valence-electron chi connectivity index (χ3n) is 5.85. The van der Waals surface area contributed by atoms with E-state index in [1.165, 1.54) is 6.42 Å². The fraction of sp³-hybridized carbons (Fsp3) is 0.941. The third-order valence-corrected chi connectivity index (χ3v) is 5.85. The average Bonchev–Trinajstić information content (AvgIpc) is 2.39. The number of nitriles is 1. The van der Waals surface area contributed by atoms with Crippen molar-refractivity contribution in [1.29, 1.82) is 5.26 Å². The van der Waals surface area contributed by atoms with E-state index in [0.717, 1.165) is 51.4 Å². The maximum atomic E-state index is 11.1. The fourth-order valence-corrected chi connectivity index (χ4v) is 4.28. The van der Waals surface area contributed by atoms with E-state index in [2.05, 4.69) is 26.8 Å². The summed E-state index contributed by atoms with van der Waals surface area (Å²) < 4.78 is 0. The second kappa shape index (κ2) is 5.09. The lowest BCUT2D eigenvalue weighted by Gasteiger charge is -2.50. The molecule has 0 bridgehead atoms. The first kappa shape index (κ1) is 14.9. The molecule has 0 spiro atoms. The van der Waals surface area contributed by atoms with Crippen LogP contribution >= 0.6 is 0 Å². The van der Waals surface area contributed by atoms with Gasteiger partial charge in [-0.15, -0.1) is 0 Å². The molecule has 2 aliphatic carbocycles. The van der Waals surface area contributed by atoms with Gasteiger partial charge in [0.1, 0.15) is 0 Å². The summed E-state index contributed by atoms with van der Waals surface area (Å²) in [6.45, 7) is 6.88. The fourth-order valence-electron chi connectivity index (χ4n) is 4.28. The number of hydrogen-bond acceptors (Lipinski definition) is 2. The van der Waals surface area contributed by atoms with Gasteiger partial charge in [0.05, 0.1) is 17.1 Å². The molecule has 2 saturated carbocycles. The highest BCUT2D eigenvalue weighted by Crippen LogP contribution is 2.53. The molecule has 2 nitrogen and oxygen atoms in total. The smallest absolute Gasteiger partial charge is 0.0860 e. The van der Waals surface area contributed by atoms with E-state index in [4.69, 9.17) is 0 Å². The van der Waals surface area contributed by atoms with Gasteiger partial charge in [-0.2, -0.15) is 5.26 Å². The summed E-state index contributed by atoms with van der Waals surface area (Å²) in [4.78, 5) is 0. The molecular weight excluding hydrogens is 234 g/mol. The third kappa shape index (κ3) is 2.68. The first-order valence-corrected chi connectivity index (χ1v) is 7.97. The Bertz CT molecular complexity index is 346. The van der Waals surface area contributed by atoms with Gasteiger partial charge in [-0.3, -0.25) is 0 Å². The van der Waals surface area contributed by atoms with Crippen molar-refractivity contribution in [3.8, 4) is 6.07 Å². The Morgan fingerprint density at radius 1 is 1.00 bits per heavy atom. The van der Waals surface area contributed by atoms with Crippen LogP contribution in [0, 0.1) is 28.1 Å². The van der Waals surface area contributed by atoms with E-state index in [-0.39, 0.29) is 0 Å². The molecule has 0 saturated heterocycles. The zero-order valence-corrected chi connectivity index (χ0v) is 12.8. The SMILES string of the molecule is CC(C)(C)C1CCC(O)(C2(C#N)CCCCC2)CC1. The van der Waals surface area contributed by atoms with Crippen LogP contribution in [0.15, 0.2) is 0 Å². The second-order valence-electron chi connectivity index (χ2n) is 7.93. The van der Waals surface area contributed by atoms with Crippen LogP contribution < -0.4 is 0 Å². The summed E-state index contributed by atoms with van der Waals surface area (Å²) >= 11 is 0. The van der Waals surface area contributed by atoms with Crippen LogP contribution in [0.25, 0.3) is 0 Å². The van der Waals surface area contributed by atoms with Gasteiger partial charge >= 0.3 is 0 Å². The topological polar surface area (TPSA) is 44.0 Å². The number of rotatable bonds is 1. The second-order valence-corrected chi connectivity index (χ2v) is 7.93. The molecule has 2 fully saturated rings. The molecule has 0 aromatic heterocycles. The summed E-state index contributed by atoms with van der Waals surface area (Å²) in [5.41, 5.74) is -0.842. The van der Waals surface area contributed by atoms with Gasteiger partial charge in [0.15, 0.2) is 0 Å². The van der Waals surface area contributed by atoms with Gasteiger partial charge in [-0.05, 0) is 49.9 Å². The van der Waals surface area contributed by atoms with E-state index in [1.807, 2.05) is 0 Å². The number of hydrogen-bond donors (Lipinski definition) is 1. The predicted molar refractivity (Wildman–Crippen MR) is 77.5 cm³/mol. The molecule has 2 aliphatic rings. The Morgan fingerprint density at radius 2 is 1.53 bits per heavy atom. The minimum Gasteiger partial charge on any atom is -0.388 e. The zero-order valence-electron chi connectivity index (χ0n) is 12.8. The highest BCUT2D eigenvalue weighted by atomic mass is 16.3. The Hall–Kier alpha value is -0.550. The Kier molecular flexibility index (Phi) is 3.98. The molecule has 0 radical (unpaired) electrons. The van der Waals surface area contributed by atoms with E-state index in [1.54, 1.807) is 0 Å². The van der Waals surface area contributed by atoms with Gasteiger partial charge in [-0.25, -0.2) is 0 Å². The lowest BCUT2D eigenvalue weighted by molar-refractivity contribution is -0.112. The van der Waals surface area contributed by atoms with E-state index in [9.17, 15) is 10.4 Å². The predicted octanol–water partition coefficient (Wildman–Crippen LogP) is 4.43. The molecule has 2 rings (SSSR count). The maximum Gasteiger partial charge on any atom is 0.0860 e. The van der Waals surface area contributed by atoms with E-state index >= 15 is 0 Å². The molecule has 108 valence electrons. The first-order chi connectivity index (χ1) is 8.83. The van der Waals surface area contributed by atoms with Crippen molar-refractivity contribution in [3.05, 3.63) is 0 Å². The van der Waals surface area contributed by atoms with Crippen LogP contribution in [0.3, 0.4) is 0 Å². The quantitative estimate of drug-likeness (QED) is 0.760. The molecular formula is C17H29NO. The molecule has 19 heavy (non-hydrogen) atoms. The average molecular weight is 263 g/mol. The number of aliphatic hydroxyl groups is 1. The maximum absolute atomic E-state index is 11.1. The van der Waals surface area contributed by atoms with Gasteiger partial charge in [0, 0.05) is 0 Å². The summed E-state index contributed by atoms with van der Waals surface area (Å²) in [6, 6.07) is 2.53. The van der Waals surface area contributed by atoms with Crippen LogP contribution in [0.1, 0.15) is 78.6 Å². The Balaban J connectivity index is 2.10. The monoisotopic (exact) mass is 263 g/mol. The lowest BCUT2D eigenvalue weighted by Crippen LogP contribution is -2.51. The Morgan fingerprint density at radius 3 is 1.95 bits per heavy atom. The molecule has 2 heteroatoms. The van der Waals surface area contributed by atoms with Gasteiger partial charge in [0.2, 0.25) is 0 Å². The minimum absolute atomic E-state index is 0.327. The highest BCUT2D eigenvalue weighted by molar-refractivity contribution is 5.13. The summed E-state index contributed by atoms with van der Waals surface area (Å²) in [5, 5.41) is 20.8. The van der Waals surface area contributed by atoms with Crippen molar-refractivity contribution in [3.63, 3.8) is 0 Å². The van der Waals surface area contributed by atoms with E-state index in [0.29, 0.717) is 11.3 Å². The van der Waals surface area contributed by atoms with Crippen LogP contribution in [-0.2, 0) is 0 Å². The van der Waals surface area contributed by atoms with Gasteiger partial charge in [-0.1, -0.05) is 40.0 Å². The molecule has 0 atom stereocenters. The van der Waals surface area contributed by atoms with Crippen LogP contribution in [0.4, 0.5) is 0 Å². The standard InChI is InChI=1S/C17H29NO/c1-15(2,3)14-7-11-17(19,12-8-14)16(13-18)9-5-4-6-10-16/h14,19H,4-12H2,1-3H3. The number of nitrogens with zero attached hydrogens (tertiary/aromatic N) is 1. The molecule has 0 unspecified atom stereocenters. The van der Waals surface area contributed by atoms with Crippen molar-refractivity contribution >= 4 is 0 Å². The molecule has 1 N–H and O–H groups in total. The summed E-state index contributed by atoms with van der Waals surface area (Å²) in [5.74, 6) is 0.687. The summed E-state index contributed by atoms with van der Waals surface area (Å²) in [6.07, 6.45) is 9.04. The van der Waals surface area contributed by atoms with Gasteiger partial charge < -0.3 is 5.11 Å². The normalized spacial score (nSPS) is 35.6. The largest absolute Gasteiger partial charge is 0.388 e. The van der Waals surface area contributed by atoms with Crippen molar-refractivity contribution in [2.45, 2.75) is 84.2 Å². The zero-order chi connectivity index (χ0) is 14.1. The molecule has 0 aromatic carbocycles. The van der Waals surface area contributed by atoms with Crippen molar-refractivity contribution < 1.29 is 5.11 Å². The Labute approximate surface area is 118 Å².